The minimum absolute atomic E-state index is 0.0409. The van der Waals surface area contributed by atoms with Gasteiger partial charge in [-0.2, -0.15) is 5.26 Å². The highest BCUT2D eigenvalue weighted by Crippen LogP contribution is 2.32. The standard InChI is InChI=1S/C12H8BrF3N2O3/c1-6(19)8(5-17)11(20)18-7-2-3-10(9(13)4-7)21-12(14,15)16/h2-4,19H,1H3,(H,18,20). The number of rotatable bonds is 3. The van der Waals surface area contributed by atoms with Crippen LogP contribution in [0.4, 0.5) is 18.9 Å². The number of alkyl halides is 3. The molecule has 112 valence electrons. The van der Waals surface area contributed by atoms with Crippen LogP contribution in [0.2, 0.25) is 0 Å². The number of benzene rings is 1. The largest absolute Gasteiger partial charge is 0.573 e. The summed E-state index contributed by atoms with van der Waals surface area (Å²) in [6.45, 7) is 1.16. The van der Waals surface area contributed by atoms with Gasteiger partial charge in [0.1, 0.15) is 17.6 Å². The molecule has 1 aromatic rings. The normalized spacial score (nSPS) is 12.2. The summed E-state index contributed by atoms with van der Waals surface area (Å²) in [5, 5.41) is 20.1. The number of allylic oxidation sites excluding steroid dienone is 1. The number of carbonyl (C=O) groups is 1. The minimum Gasteiger partial charge on any atom is -0.511 e. The van der Waals surface area contributed by atoms with Crippen LogP contribution in [0.15, 0.2) is 34.0 Å². The molecule has 0 heterocycles. The van der Waals surface area contributed by atoms with Crippen molar-refractivity contribution in [3.8, 4) is 11.8 Å². The van der Waals surface area contributed by atoms with Gasteiger partial charge in [0.25, 0.3) is 5.91 Å². The Hall–Kier alpha value is -2.21. The van der Waals surface area contributed by atoms with Gasteiger partial charge in [-0.15, -0.1) is 13.2 Å². The summed E-state index contributed by atoms with van der Waals surface area (Å²) in [5.41, 5.74) is -0.378. The van der Waals surface area contributed by atoms with Gasteiger partial charge in [-0.1, -0.05) is 0 Å². The lowest BCUT2D eigenvalue weighted by atomic mass is 10.2. The number of carbonyl (C=O) groups excluding carboxylic acids is 1. The first-order valence-corrected chi connectivity index (χ1v) is 6.10. The molecule has 0 radical (unpaired) electrons. The molecule has 2 N–H and O–H groups in total. The zero-order valence-electron chi connectivity index (χ0n) is 10.5. The van der Waals surface area contributed by atoms with E-state index < -0.39 is 29.4 Å². The Morgan fingerprint density at radius 2 is 2.10 bits per heavy atom. The van der Waals surface area contributed by atoms with Gasteiger partial charge in [-0.05, 0) is 41.1 Å². The number of halogens is 4. The van der Waals surface area contributed by atoms with Crippen LogP contribution in [-0.4, -0.2) is 17.4 Å². The van der Waals surface area contributed by atoms with Crippen LogP contribution >= 0.6 is 15.9 Å². The highest BCUT2D eigenvalue weighted by Gasteiger charge is 2.32. The van der Waals surface area contributed by atoms with Crippen molar-refractivity contribution in [2.24, 2.45) is 0 Å². The Morgan fingerprint density at radius 3 is 2.52 bits per heavy atom. The quantitative estimate of drug-likeness (QED) is 0.487. The molecule has 1 rings (SSSR count). The summed E-state index contributed by atoms with van der Waals surface area (Å²) < 4.78 is 40.0. The molecule has 1 amide bonds. The molecule has 0 atom stereocenters. The molecule has 9 heteroatoms. The number of nitrogens with zero attached hydrogens (tertiary/aromatic N) is 1. The molecule has 0 bridgehead atoms. The number of aliphatic hydroxyl groups is 1. The number of anilines is 1. The number of hydrogen-bond acceptors (Lipinski definition) is 4. The molecule has 0 aliphatic heterocycles. The van der Waals surface area contributed by atoms with E-state index in [0.717, 1.165) is 19.1 Å². The summed E-state index contributed by atoms with van der Waals surface area (Å²) in [5.74, 6) is -1.82. The number of aliphatic hydroxyl groups excluding tert-OH is 1. The second-order valence-electron chi connectivity index (χ2n) is 3.72. The van der Waals surface area contributed by atoms with E-state index in [1.165, 1.54) is 12.1 Å². The Kier molecular flexibility index (Phi) is 5.21. The molecule has 0 saturated carbocycles. The van der Waals surface area contributed by atoms with Crippen LogP contribution < -0.4 is 10.1 Å². The van der Waals surface area contributed by atoms with Gasteiger partial charge in [-0.25, -0.2) is 0 Å². The lowest BCUT2D eigenvalue weighted by Gasteiger charge is -2.12. The zero-order valence-corrected chi connectivity index (χ0v) is 12.0. The third kappa shape index (κ3) is 5.00. The molecule has 0 saturated heterocycles. The summed E-state index contributed by atoms with van der Waals surface area (Å²) in [6, 6.07) is 4.83. The van der Waals surface area contributed by atoms with Gasteiger partial charge >= 0.3 is 6.36 Å². The summed E-state index contributed by atoms with van der Waals surface area (Å²) in [4.78, 5) is 11.6. The molecule has 5 nitrogen and oxygen atoms in total. The molecule has 0 spiro atoms. The first-order chi connectivity index (χ1) is 9.64. The van der Waals surface area contributed by atoms with E-state index in [1.54, 1.807) is 0 Å². The second kappa shape index (κ2) is 6.49. The van der Waals surface area contributed by atoms with E-state index >= 15 is 0 Å². The predicted molar refractivity (Wildman–Crippen MR) is 70.4 cm³/mol. The number of nitrogens with one attached hydrogen (secondary N) is 1. The summed E-state index contributed by atoms with van der Waals surface area (Å²) in [6.07, 6.45) is -4.84. The Bertz CT molecular complexity index is 632. The highest BCUT2D eigenvalue weighted by molar-refractivity contribution is 9.10. The third-order valence-electron chi connectivity index (χ3n) is 2.12. The fourth-order valence-electron chi connectivity index (χ4n) is 1.28. The number of ether oxygens (including phenoxy) is 1. The van der Waals surface area contributed by atoms with Gasteiger partial charge in [0.2, 0.25) is 0 Å². The van der Waals surface area contributed by atoms with Crippen molar-refractivity contribution in [2.75, 3.05) is 5.32 Å². The summed E-state index contributed by atoms with van der Waals surface area (Å²) in [7, 11) is 0. The molecule has 0 fully saturated rings. The van der Waals surface area contributed by atoms with Crippen LogP contribution in [0, 0.1) is 11.3 Å². The molecule has 0 aliphatic rings. The average molecular weight is 365 g/mol. The number of nitriles is 1. The maximum absolute atomic E-state index is 12.1. The molecule has 21 heavy (non-hydrogen) atoms. The van der Waals surface area contributed by atoms with E-state index in [-0.39, 0.29) is 10.2 Å². The second-order valence-corrected chi connectivity index (χ2v) is 4.57. The van der Waals surface area contributed by atoms with Crippen LogP contribution in [0.25, 0.3) is 0 Å². The van der Waals surface area contributed by atoms with Gasteiger partial charge in [0.05, 0.1) is 4.47 Å². The van der Waals surface area contributed by atoms with Crippen LogP contribution in [0.3, 0.4) is 0 Å². The fraction of sp³-hybridized carbons (Fsp3) is 0.167. The zero-order chi connectivity index (χ0) is 16.2. The van der Waals surface area contributed by atoms with Crippen molar-refractivity contribution >= 4 is 27.5 Å². The number of amides is 1. The van der Waals surface area contributed by atoms with Crippen LogP contribution in [-0.2, 0) is 4.79 Å². The molecular weight excluding hydrogens is 357 g/mol. The van der Waals surface area contributed by atoms with Crippen molar-refractivity contribution in [1.82, 2.24) is 0 Å². The maximum Gasteiger partial charge on any atom is 0.573 e. The van der Waals surface area contributed by atoms with Crippen molar-refractivity contribution < 1.29 is 27.8 Å². The fourth-order valence-corrected chi connectivity index (χ4v) is 1.74. The van der Waals surface area contributed by atoms with E-state index in [9.17, 15) is 18.0 Å². The minimum atomic E-state index is -4.84. The third-order valence-corrected chi connectivity index (χ3v) is 2.74. The topological polar surface area (TPSA) is 82.3 Å². The lowest BCUT2D eigenvalue weighted by Crippen LogP contribution is -2.18. The van der Waals surface area contributed by atoms with Crippen molar-refractivity contribution in [1.29, 1.82) is 5.26 Å². The lowest BCUT2D eigenvalue weighted by molar-refractivity contribution is -0.274. The first-order valence-electron chi connectivity index (χ1n) is 5.30. The van der Waals surface area contributed by atoms with Crippen molar-refractivity contribution in [3.63, 3.8) is 0 Å². The number of hydrogen-bond donors (Lipinski definition) is 2. The van der Waals surface area contributed by atoms with Crippen molar-refractivity contribution in [2.45, 2.75) is 13.3 Å². The average Bonchev–Trinajstić information content (AvgIpc) is 2.31. The Balaban J connectivity index is 2.94. The van der Waals surface area contributed by atoms with Gasteiger partial charge < -0.3 is 15.2 Å². The van der Waals surface area contributed by atoms with Gasteiger partial charge in [-0.3, -0.25) is 4.79 Å². The molecule has 0 aromatic heterocycles. The summed E-state index contributed by atoms with van der Waals surface area (Å²) >= 11 is 2.87. The predicted octanol–water partition coefficient (Wildman–Crippen LogP) is 3.64. The Morgan fingerprint density at radius 1 is 1.48 bits per heavy atom. The van der Waals surface area contributed by atoms with Crippen LogP contribution in [0.1, 0.15) is 6.92 Å². The van der Waals surface area contributed by atoms with E-state index in [2.05, 4.69) is 26.0 Å². The molecule has 1 aromatic carbocycles. The SMILES string of the molecule is CC(O)=C(C#N)C(=O)Nc1ccc(OC(F)(F)F)c(Br)c1. The van der Waals surface area contributed by atoms with E-state index in [4.69, 9.17) is 10.4 Å². The monoisotopic (exact) mass is 364 g/mol. The van der Waals surface area contributed by atoms with Gasteiger partial charge in [0, 0.05) is 5.69 Å². The molecular formula is C12H8BrF3N2O3. The Labute approximate surface area is 125 Å². The first kappa shape index (κ1) is 16.8. The van der Waals surface area contributed by atoms with Gasteiger partial charge in [0.15, 0.2) is 5.57 Å². The van der Waals surface area contributed by atoms with Crippen molar-refractivity contribution in [3.05, 3.63) is 34.0 Å². The van der Waals surface area contributed by atoms with Crippen LogP contribution in [0.5, 0.6) is 5.75 Å². The maximum atomic E-state index is 12.1. The molecule has 0 aliphatic carbocycles. The molecule has 0 unspecified atom stereocenters. The van der Waals surface area contributed by atoms with E-state index in [0.29, 0.717) is 0 Å². The van der Waals surface area contributed by atoms with E-state index in [1.807, 2.05) is 0 Å². The highest BCUT2D eigenvalue weighted by atomic mass is 79.9. The smallest absolute Gasteiger partial charge is 0.511 e.